The van der Waals surface area contributed by atoms with E-state index in [2.05, 4.69) is 24.3 Å². The van der Waals surface area contributed by atoms with Gasteiger partial charge in [-0.25, -0.2) is 0 Å². The zero-order chi connectivity index (χ0) is 14.1. The van der Waals surface area contributed by atoms with Crippen molar-refractivity contribution >= 4 is 0 Å². The molecular weight excluding hydrogens is 240 g/mol. The predicted octanol–water partition coefficient (Wildman–Crippen LogP) is 7.35. The molecule has 20 heavy (non-hydrogen) atoms. The van der Waals surface area contributed by atoms with Gasteiger partial charge in [-0.2, -0.15) is 0 Å². The lowest BCUT2D eigenvalue weighted by Gasteiger charge is -2.02. The van der Waals surface area contributed by atoms with Crippen LogP contribution in [-0.4, -0.2) is 0 Å². The van der Waals surface area contributed by atoms with Crippen LogP contribution in [0.2, 0.25) is 0 Å². The highest BCUT2D eigenvalue weighted by Gasteiger charge is 1.93. The van der Waals surface area contributed by atoms with Gasteiger partial charge in [-0.15, -0.1) is 0 Å². The summed E-state index contributed by atoms with van der Waals surface area (Å²) >= 11 is 0. The van der Waals surface area contributed by atoms with Crippen LogP contribution in [0.1, 0.15) is 103 Å². The van der Waals surface area contributed by atoms with Crippen molar-refractivity contribution in [3.05, 3.63) is 24.3 Å². The van der Waals surface area contributed by atoms with E-state index in [0.717, 1.165) is 0 Å². The standard InChI is InChI=1S/C20H36/c1-2-4-6-8-10-12-14-16-18-20-19-17-15-13-11-9-7-5-3-1/h1-2,9,11H,3-8,10,12-20H2/b2-1-,11-9+. The van der Waals surface area contributed by atoms with E-state index in [0.29, 0.717) is 0 Å². The summed E-state index contributed by atoms with van der Waals surface area (Å²) in [7, 11) is 0. The lowest BCUT2D eigenvalue weighted by molar-refractivity contribution is 0.547. The first-order valence-corrected chi connectivity index (χ1v) is 9.30. The Morgan fingerprint density at radius 3 is 0.850 bits per heavy atom. The van der Waals surface area contributed by atoms with Crippen molar-refractivity contribution in [1.29, 1.82) is 0 Å². The number of hydrogen-bond acceptors (Lipinski definition) is 0. The molecule has 1 rings (SSSR count). The number of allylic oxidation sites excluding steroid dienone is 4. The molecule has 1 aliphatic rings. The molecular formula is C20H36. The highest BCUT2D eigenvalue weighted by atomic mass is 14.0. The fourth-order valence-corrected chi connectivity index (χ4v) is 2.94. The molecule has 0 heterocycles. The van der Waals surface area contributed by atoms with E-state index in [1.807, 2.05) is 0 Å². The quantitative estimate of drug-likeness (QED) is 0.405. The van der Waals surface area contributed by atoms with Gasteiger partial charge in [0.1, 0.15) is 0 Å². The second kappa shape index (κ2) is 14.9. The van der Waals surface area contributed by atoms with Crippen LogP contribution >= 0.6 is 0 Å². The highest BCUT2D eigenvalue weighted by Crippen LogP contribution is 2.13. The van der Waals surface area contributed by atoms with Gasteiger partial charge in [-0.1, -0.05) is 82.1 Å². The molecule has 0 saturated carbocycles. The van der Waals surface area contributed by atoms with E-state index in [1.54, 1.807) is 0 Å². The summed E-state index contributed by atoms with van der Waals surface area (Å²) in [6.45, 7) is 0. The minimum atomic E-state index is 1.27. The third-order valence-corrected chi connectivity index (χ3v) is 4.32. The summed E-state index contributed by atoms with van der Waals surface area (Å²) in [6, 6.07) is 0. The van der Waals surface area contributed by atoms with Crippen molar-refractivity contribution in [2.75, 3.05) is 0 Å². The van der Waals surface area contributed by atoms with Gasteiger partial charge in [0, 0.05) is 0 Å². The summed E-state index contributed by atoms with van der Waals surface area (Å²) in [4.78, 5) is 0. The van der Waals surface area contributed by atoms with E-state index in [9.17, 15) is 0 Å². The summed E-state index contributed by atoms with van der Waals surface area (Å²) in [6.07, 6.45) is 32.0. The third kappa shape index (κ3) is 12.5. The van der Waals surface area contributed by atoms with Gasteiger partial charge >= 0.3 is 0 Å². The highest BCUT2D eigenvalue weighted by molar-refractivity contribution is 4.85. The van der Waals surface area contributed by atoms with Crippen molar-refractivity contribution in [2.24, 2.45) is 0 Å². The molecule has 0 nitrogen and oxygen atoms in total. The molecule has 0 saturated heterocycles. The fourth-order valence-electron chi connectivity index (χ4n) is 2.94. The lowest BCUT2D eigenvalue weighted by Crippen LogP contribution is -1.82. The molecule has 116 valence electrons. The second-order valence-electron chi connectivity index (χ2n) is 6.34. The van der Waals surface area contributed by atoms with Gasteiger partial charge in [0.25, 0.3) is 0 Å². The Bertz CT molecular complexity index is 212. The average Bonchev–Trinajstić information content (AvgIpc) is 2.46. The minimum Gasteiger partial charge on any atom is -0.0885 e. The van der Waals surface area contributed by atoms with Crippen LogP contribution in [0.25, 0.3) is 0 Å². The molecule has 0 aromatic carbocycles. The van der Waals surface area contributed by atoms with Crippen molar-refractivity contribution in [3.63, 3.8) is 0 Å². The van der Waals surface area contributed by atoms with Crippen molar-refractivity contribution < 1.29 is 0 Å². The van der Waals surface area contributed by atoms with Crippen LogP contribution in [0.15, 0.2) is 24.3 Å². The van der Waals surface area contributed by atoms with Gasteiger partial charge in [-0.3, -0.25) is 0 Å². The normalized spacial score (nSPS) is 25.6. The van der Waals surface area contributed by atoms with Gasteiger partial charge in [0.05, 0.1) is 0 Å². The van der Waals surface area contributed by atoms with E-state index in [-0.39, 0.29) is 0 Å². The van der Waals surface area contributed by atoms with Gasteiger partial charge < -0.3 is 0 Å². The molecule has 0 amide bonds. The fraction of sp³-hybridized carbons (Fsp3) is 0.800. The van der Waals surface area contributed by atoms with Crippen molar-refractivity contribution in [1.82, 2.24) is 0 Å². The molecule has 0 heteroatoms. The second-order valence-corrected chi connectivity index (χ2v) is 6.34. The zero-order valence-corrected chi connectivity index (χ0v) is 13.6. The first kappa shape index (κ1) is 17.5. The molecule has 0 aromatic heterocycles. The van der Waals surface area contributed by atoms with E-state index in [1.165, 1.54) is 103 Å². The summed E-state index contributed by atoms with van der Waals surface area (Å²) in [5.41, 5.74) is 0. The molecule has 0 spiro atoms. The Balaban J connectivity index is 2.11. The molecule has 0 aliphatic heterocycles. The molecule has 0 N–H and O–H groups in total. The maximum Gasteiger partial charge on any atom is -0.0348 e. The van der Waals surface area contributed by atoms with E-state index in [4.69, 9.17) is 0 Å². The van der Waals surface area contributed by atoms with Gasteiger partial charge in [-0.05, 0) is 44.9 Å². The minimum absolute atomic E-state index is 1.27. The average molecular weight is 277 g/mol. The van der Waals surface area contributed by atoms with Crippen LogP contribution in [0.3, 0.4) is 0 Å². The summed E-state index contributed by atoms with van der Waals surface area (Å²) < 4.78 is 0. The van der Waals surface area contributed by atoms with Crippen LogP contribution in [0, 0.1) is 0 Å². The first-order valence-electron chi connectivity index (χ1n) is 9.30. The zero-order valence-electron chi connectivity index (χ0n) is 13.6. The van der Waals surface area contributed by atoms with Crippen molar-refractivity contribution in [2.45, 2.75) is 103 Å². The Hall–Kier alpha value is -0.520. The van der Waals surface area contributed by atoms with Crippen LogP contribution < -0.4 is 0 Å². The lowest BCUT2D eigenvalue weighted by atomic mass is 10.0. The predicted molar refractivity (Wildman–Crippen MR) is 92.2 cm³/mol. The monoisotopic (exact) mass is 276 g/mol. The first-order chi connectivity index (χ1) is 10.0. The Labute approximate surface area is 127 Å². The molecule has 0 aromatic rings. The Morgan fingerprint density at radius 1 is 0.250 bits per heavy atom. The topological polar surface area (TPSA) is 0 Å². The largest absolute Gasteiger partial charge is 0.0885 e. The van der Waals surface area contributed by atoms with Gasteiger partial charge in [0.15, 0.2) is 0 Å². The maximum atomic E-state index is 2.40. The van der Waals surface area contributed by atoms with Crippen LogP contribution in [0.4, 0.5) is 0 Å². The molecule has 1 aliphatic carbocycles. The summed E-state index contributed by atoms with van der Waals surface area (Å²) in [5.74, 6) is 0. The Kier molecular flexibility index (Phi) is 13.0. The molecule has 0 unspecified atom stereocenters. The smallest absolute Gasteiger partial charge is 0.0348 e. The number of hydrogen-bond donors (Lipinski definition) is 0. The third-order valence-electron chi connectivity index (χ3n) is 4.32. The van der Waals surface area contributed by atoms with Crippen LogP contribution in [0.5, 0.6) is 0 Å². The molecule has 0 fully saturated rings. The van der Waals surface area contributed by atoms with Crippen molar-refractivity contribution in [3.8, 4) is 0 Å². The Morgan fingerprint density at radius 2 is 0.500 bits per heavy atom. The van der Waals surface area contributed by atoms with E-state index >= 15 is 0 Å². The van der Waals surface area contributed by atoms with Gasteiger partial charge in [0.2, 0.25) is 0 Å². The molecule has 0 atom stereocenters. The summed E-state index contributed by atoms with van der Waals surface area (Å²) in [5, 5.41) is 0. The van der Waals surface area contributed by atoms with E-state index < -0.39 is 0 Å². The van der Waals surface area contributed by atoms with Crippen LogP contribution in [-0.2, 0) is 0 Å². The molecule has 0 bridgehead atoms. The SMILES string of the molecule is C1=C\CCCCCCCCCCCCC/C=C/CCC/1. The molecule has 0 radical (unpaired) electrons. The maximum absolute atomic E-state index is 2.40. The number of rotatable bonds is 0.